The van der Waals surface area contributed by atoms with Gasteiger partial charge in [-0.1, -0.05) is 13.8 Å². The van der Waals surface area contributed by atoms with E-state index in [-0.39, 0.29) is 0 Å². The summed E-state index contributed by atoms with van der Waals surface area (Å²) in [6, 6.07) is 4.80. The van der Waals surface area contributed by atoms with E-state index in [1.165, 1.54) is 36.5 Å². The molecule has 0 amide bonds. The molecule has 1 atom stereocenters. The Morgan fingerprint density at radius 1 is 1.35 bits per heavy atom. The van der Waals surface area contributed by atoms with Gasteiger partial charge in [-0.15, -0.1) is 0 Å². The van der Waals surface area contributed by atoms with Crippen LogP contribution in [0.25, 0.3) is 0 Å². The van der Waals surface area contributed by atoms with Crippen LogP contribution in [0.2, 0.25) is 0 Å². The number of pyridine rings is 1. The van der Waals surface area contributed by atoms with E-state index in [1.807, 2.05) is 12.3 Å². The first-order valence-corrected chi connectivity index (χ1v) is 8.84. The first-order valence-electron chi connectivity index (χ1n) is 7.68. The highest BCUT2D eigenvalue weighted by atomic mass is 32.2. The van der Waals surface area contributed by atoms with E-state index >= 15 is 0 Å². The molecule has 0 saturated carbocycles. The van der Waals surface area contributed by atoms with E-state index in [2.05, 4.69) is 46.9 Å². The van der Waals surface area contributed by atoms with Crippen LogP contribution in [0.1, 0.15) is 33.1 Å². The number of thioether (sulfide) groups is 1. The number of aromatic nitrogens is 1. The second kappa shape index (κ2) is 5.84. The Bertz CT molecular complexity index is 455. The van der Waals surface area contributed by atoms with Crippen molar-refractivity contribution in [1.29, 1.82) is 0 Å². The summed E-state index contributed by atoms with van der Waals surface area (Å²) in [5.74, 6) is 3.63. The lowest BCUT2D eigenvalue weighted by molar-refractivity contribution is 0.358. The summed E-state index contributed by atoms with van der Waals surface area (Å²) in [4.78, 5) is 7.04. The van der Waals surface area contributed by atoms with Crippen molar-refractivity contribution < 1.29 is 0 Å². The lowest BCUT2D eigenvalue weighted by Crippen LogP contribution is -2.36. The number of nitrogens with zero attached hydrogens (tertiary/aromatic N) is 2. The largest absolute Gasteiger partial charge is 0.378 e. The second-order valence-corrected chi connectivity index (χ2v) is 7.82. The monoisotopic (exact) mass is 291 g/mol. The molecule has 2 fully saturated rings. The van der Waals surface area contributed by atoms with Crippen LogP contribution in [-0.4, -0.2) is 35.6 Å². The highest BCUT2D eigenvalue weighted by molar-refractivity contribution is 7.99. The fraction of sp³-hybridized carbons (Fsp3) is 0.688. The zero-order valence-electron chi connectivity index (χ0n) is 12.6. The first kappa shape index (κ1) is 14.1. The minimum absolute atomic E-state index is 0.441. The maximum absolute atomic E-state index is 4.62. The third-order valence-electron chi connectivity index (χ3n) is 4.16. The van der Waals surface area contributed by atoms with Gasteiger partial charge in [-0.3, -0.25) is 0 Å². The molecule has 1 aromatic rings. The van der Waals surface area contributed by atoms with Crippen molar-refractivity contribution >= 4 is 23.3 Å². The highest BCUT2D eigenvalue weighted by Gasteiger charge is 2.29. The predicted molar refractivity (Wildman–Crippen MR) is 88.8 cm³/mol. The van der Waals surface area contributed by atoms with Gasteiger partial charge in [-0.2, -0.15) is 11.8 Å². The standard InChI is InChI=1S/C16H25N3S/c1-16(2)10-13(11-20-12-16)18-14-6-5-7-17-15(14)19-8-3-4-9-19/h5-7,13,18H,3-4,8-12H2,1-2H3. The van der Waals surface area contributed by atoms with E-state index < -0.39 is 0 Å². The van der Waals surface area contributed by atoms with Crippen molar-refractivity contribution in [2.45, 2.75) is 39.2 Å². The number of anilines is 2. The molecule has 2 saturated heterocycles. The van der Waals surface area contributed by atoms with Crippen LogP contribution in [0.3, 0.4) is 0 Å². The zero-order valence-corrected chi connectivity index (χ0v) is 13.4. The summed E-state index contributed by atoms with van der Waals surface area (Å²) in [6.45, 7) is 7.05. The first-order chi connectivity index (χ1) is 9.64. The van der Waals surface area contributed by atoms with Crippen LogP contribution < -0.4 is 10.2 Å². The summed E-state index contributed by atoms with van der Waals surface area (Å²) in [5.41, 5.74) is 1.66. The number of rotatable bonds is 3. The predicted octanol–water partition coefficient (Wildman–Crippen LogP) is 3.63. The van der Waals surface area contributed by atoms with Crippen LogP contribution in [0.5, 0.6) is 0 Å². The van der Waals surface area contributed by atoms with Crippen LogP contribution >= 0.6 is 11.8 Å². The molecule has 1 N–H and O–H groups in total. The van der Waals surface area contributed by atoms with Crippen LogP contribution in [0.15, 0.2) is 18.3 Å². The van der Waals surface area contributed by atoms with Gasteiger partial charge in [-0.25, -0.2) is 4.98 Å². The van der Waals surface area contributed by atoms with Crippen LogP contribution in [0, 0.1) is 5.41 Å². The van der Waals surface area contributed by atoms with E-state index in [9.17, 15) is 0 Å². The van der Waals surface area contributed by atoms with Gasteiger partial charge in [-0.05, 0) is 42.6 Å². The molecular weight excluding hydrogens is 266 g/mol. The molecule has 2 aliphatic heterocycles. The zero-order chi connectivity index (χ0) is 14.0. The Labute approximate surface area is 126 Å². The molecular formula is C16H25N3S. The van der Waals surface area contributed by atoms with Gasteiger partial charge in [0, 0.05) is 31.1 Å². The van der Waals surface area contributed by atoms with E-state index in [4.69, 9.17) is 0 Å². The van der Waals surface area contributed by atoms with Gasteiger partial charge < -0.3 is 10.2 Å². The SMILES string of the molecule is CC1(C)CSCC(Nc2cccnc2N2CCCC2)C1. The molecule has 0 radical (unpaired) electrons. The number of hydrogen-bond acceptors (Lipinski definition) is 4. The van der Waals surface area contributed by atoms with Gasteiger partial charge in [0.1, 0.15) is 0 Å². The number of nitrogens with one attached hydrogen (secondary N) is 1. The minimum atomic E-state index is 0.441. The maximum Gasteiger partial charge on any atom is 0.151 e. The molecule has 0 aliphatic carbocycles. The van der Waals surface area contributed by atoms with Gasteiger partial charge in [0.2, 0.25) is 0 Å². The van der Waals surface area contributed by atoms with Gasteiger partial charge in [0.05, 0.1) is 5.69 Å². The van der Waals surface area contributed by atoms with Gasteiger partial charge in [0.15, 0.2) is 5.82 Å². The number of hydrogen-bond donors (Lipinski definition) is 1. The Morgan fingerprint density at radius 2 is 2.15 bits per heavy atom. The molecule has 110 valence electrons. The summed E-state index contributed by atoms with van der Waals surface area (Å²) < 4.78 is 0. The van der Waals surface area contributed by atoms with Crippen molar-refractivity contribution in [2.24, 2.45) is 5.41 Å². The maximum atomic E-state index is 4.62. The topological polar surface area (TPSA) is 28.2 Å². The summed E-state index contributed by atoms with van der Waals surface area (Å²) >= 11 is 2.07. The third kappa shape index (κ3) is 3.22. The van der Waals surface area contributed by atoms with Crippen molar-refractivity contribution in [2.75, 3.05) is 34.8 Å². The van der Waals surface area contributed by atoms with Crippen molar-refractivity contribution in [3.8, 4) is 0 Å². The van der Waals surface area contributed by atoms with Gasteiger partial charge in [0.25, 0.3) is 0 Å². The molecule has 2 aliphatic rings. The van der Waals surface area contributed by atoms with Crippen LogP contribution in [-0.2, 0) is 0 Å². The lowest BCUT2D eigenvalue weighted by atomic mass is 9.88. The molecule has 20 heavy (non-hydrogen) atoms. The quantitative estimate of drug-likeness (QED) is 0.920. The molecule has 3 rings (SSSR count). The third-order valence-corrected chi connectivity index (χ3v) is 5.79. The lowest BCUT2D eigenvalue weighted by Gasteiger charge is -2.36. The van der Waals surface area contributed by atoms with Crippen molar-refractivity contribution in [3.63, 3.8) is 0 Å². The fourth-order valence-corrected chi connectivity index (χ4v) is 4.54. The molecule has 3 nitrogen and oxygen atoms in total. The molecule has 1 unspecified atom stereocenters. The summed E-state index contributed by atoms with van der Waals surface area (Å²) in [6.07, 6.45) is 5.75. The highest BCUT2D eigenvalue weighted by Crippen LogP contribution is 2.36. The molecule has 0 bridgehead atoms. The minimum Gasteiger partial charge on any atom is -0.378 e. The molecule has 0 spiro atoms. The second-order valence-electron chi connectivity index (χ2n) is 6.79. The van der Waals surface area contributed by atoms with Crippen LogP contribution in [0.4, 0.5) is 11.5 Å². The van der Waals surface area contributed by atoms with E-state index in [0.717, 1.165) is 18.9 Å². The fourth-order valence-electron chi connectivity index (χ4n) is 3.27. The van der Waals surface area contributed by atoms with E-state index in [0.29, 0.717) is 11.5 Å². The normalized spacial score (nSPS) is 25.7. The average molecular weight is 291 g/mol. The van der Waals surface area contributed by atoms with E-state index in [1.54, 1.807) is 0 Å². The Balaban J connectivity index is 1.73. The van der Waals surface area contributed by atoms with Gasteiger partial charge >= 0.3 is 0 Å². The summed E-state index contributed by atoms with van der Waals surface area (Å²) in [7, 11) is 0. The Kier molecular flexibility index (Phi) is 4.11. The average Bonchev–Trinajstić information content (AvgIpc) is 2.92. The molecule has 1 aromatic heterocycles. The smallest absolute Gasteiger partial charge is 0.151 e. The Hall–Kier alpha value is -0.900. The molecule has 3 heterocycles. The molecule has 0 aromatic carbocycles. The van der Waals surface area contributed by atoms with Crippen molar-refractivity contribution in [1.82, 2.24) is 4.98 Å². The summed E-state index contributed by atoms with van der Waals surface area (Å²) in [5, 5.41) is 3.76. The molecule has 4 heteroatoms. The Morgan fingerprint density at radius 3 is 2.90 bits per heavy atom. The van der Waals surface area contributed by atoms with Crippen molar-refractivity contribution in [3.05, 3.63) is 18.3 Å².